The van der Waals surface area contributed by atoms with Crippen molar-refractivity contribution < 1.29 is 19.2 Å². The molecule has 2 aromatic carbocycles. The molecule has 0 spiro atoms. The maximum Gasteiger partial charge on any atom is 0.246 e. The van der Waals surface area contributed by atoms with Crippen LogP contribution in [0, 0.1) is 6.92 Å². The lowest BCUT2D eigenvalue weighted by Crippen LogP contribution is -2.56. The van der Waals surface area contributed by atoms with E-state index in [2.05, 4.69) is 24.5 Å². The van der Waals surface area contributed by atoms with Gasteiger partial charge in [-0.15, -0.1) is 0 Å². The second-order valence-corrected chi connectivity index (χ2v) is 12.2. The highest BCUT2D eigenvalue weighted by atomic mass is 35.5. The van der Waals surface area contributed by atoms with Crippen molar-refractivity contribution in [2.75, 3.05) is 11.9 Å². The fourth-order valence-corrected chi connectivity index (χ4v) is 6.42. The summed E-state index contributed by atoms with van der Waals surface area (Å²) in [6, 6.07) is 11.5. The maximum absolute atomic E-state index is 13.8. The third-order valence-electron chi connectivity index (χ3n) is 8.72. The van der Waals surface area contributed by atoms with Gasteiger partial charge in [0.05, 0.1) is 0 Å². The van der Waals surface area contributed by atoms with Crippen LogP contribution in [0.5, 0.6) is 0 Å². The smallest absolute Gasteiger partial charge is 0.246 e. The van der Waals surface area contributed by atoms with Gasteiger partial charge < -0.3 is 26.2 Å². The van der Waals surface area contributed by atoms with Gasteiger partial charge >= 0.3 is 0 Å². The minimum Gasteiger partial charge on any atom is -0.342 e. The first-order chi connectivity index (χ1) is 20.6. The highest BCUT2D eigenvalue weighted by Gasteiger charge is 2.37. The first kappa shape index (κ1) is 32.5. The number of nitrogens with one attached hydrogen (secondary N) is 2. The molecule has 0 unspecified atom stereocenters. The first-order valence-corrected chi connectivity index (χ1v) is 15.8. The van der Waals surface area contributed by atoms with Crippen molar-refractivity contribution in [1.82, 2.24) is 15.1 Å². The van der Waals surface area contributed by atoms with Gasteiger partial charge in [0, 0.05) is 48.6 Å². The highest BCUT2D eigenvalue weighted by Crippen LogP contribution is 2.28. The molecule has 4 N–H and O–H groups in total. The Labute approximate surface area is 259 Å². The molecule has 0 saturated carbocycles. The number of amides is 4. The molecule has 10 heteroatoms. The average Bonchev–Trinajstić information content (AvgIpc) is 3.00. The molecular weight excluding hydrogens is 566 g/mol. The van der Waals surface area contributed by atoms with Gasteiger partial charge in [0.2, 0.25) is 23.6 Å². The fourth-order valence-electron chi connectivity index (χ4n) is 6.30. The Hall–Kier alpha value is -3.43. The van der Waals surface area contributed by atoms with Crippen molar-refractivity contribution in [3.8, 4) is 0 Å². The van der Waals surface area contributed by atoms with Crippen molar-refractivity contribution in [3.05, 3.63) is 64.2 Å². The lowest BCUT2D eigenvalue weighted by Gasteiger charge is -2.41. The Morgan fingerprint density at radius 2 is 1.77 bits per heavy atom. The summed E-state index contributed by atoms with van der Waals surface area (Å²) in [6.45, 7) is 6.45. The van der Waals surface area contributed by atoms with Crippen LogP contribution in [0.3, 0.4) is 0 Å². The van der Waals surface area contributed by atoms with Gasteiger partial charge in [-0.3, -0.25) is 19.2 Å². The number of nitrogens with zero attached hydrogens (tertiary/aromatic N) is 2. The van der Waals surface area contributed by atoms with Gasteiger partial charge in [-0.05, 0) is 87.4 Å². The fraction of sp³-hybridized carbons (Fsp3) is 0.515. The van der Waals surface area contributed by atoms with Crippen molar-refractivity contribution >= 4 is 40.9 Å². The van der Waals surface area contributed by atoms with Crippen molar-refractivity contribution in [3.63, 3.8) is 0 Å². The van der Waals surface area contributed by atoms with Crippen LogP contribution in [0.4, 0.5) is 5.69 Å². The number of likely N-dealkylation sites (tertiary alicyclic amines) is 1. The van der Waals surface area contributed by atoms with Crippen LogP contribution >= 0.6 is 11.6 Å². The normalized spacial score (nSPS) is 20.6. The highest BCUT2D eigenvalue weighted by molar-refractivity contribution is 6.31. The standard InChI is InChI=1S/C33H44ClN5O4/c1-4-26-11-7-8-22(3)39(26)31(41)15-14-30(40)38-20-24-10-6-5-9-23(24)19-29(38)33(43)37-28(16-17-35)32(42)36-25-12-13-27(34)21(2)18-25/h5-6,9-10,12-13,18,22,26,28-29H,4,7-8,11,14-17,19-20,35H2,1-3H3,(H,36,42)(H,37,43)/t22-,26+,28+,29+/m1/s1. The number of piperidine rings is 1. The minimum atomic E-state index is -0.893. The number of hydrogen-bond donors (Lipinski definition) is 3. The van der Waals surface area contributed by atoms with E-state index in [0.717, 1.165) is 42.4 Å². The van der Waals surface area contributed by atoms with E-state index in [9.17, 15) is 19.2 Å². The van der Waals surface area contributed by atoms with Gasteiger partial charge in [-0.25, -0.2) is 0 Å². The first-order valence-electron chi connectivity index (χ1n) is 15.4. The second kappa shape index (κ2) is 14.8. The molecule has 0 radical (unpaired) electrons. The Bertz CT molecular complexity index is 1330. The topological polar surface area (TPSA) is 125 Å². The molecule has 2 aliphatic heterocycles. The van der Waals surface area contributed by atoms with Crippen molar-refractivity contribution in [2.45, 2.75) is 103 Å². The summed E-state index contributed by atoms with van der Waals surface area (Å²) >= 11 is 6.12. The molecule has 0 bridgehead atoms. The summed E-state index contributed by atoms with van der Waals surface area (Å²) in [4.78, 5) is 57.4. The van der Waals surface area contributed by atoms with Crippen LogP contribution in [0.2, 0.25) is 5.02 Å². The Morgan fingerprint density at radius 3 is 2.47 bits per heavy atom. The molecule has 232 valence electrons. The van der Waals surface area contributed by atoms with E-state index < -0.39 is 23.9 Å². The van der Waals surface area contributed by atoms with Crippen LogP contribution in [-0.2, 0) is 32.1 Å². The molecule has 4 amide bonds. The molecule has 9 nitrogen and oxygen atoms in total. The molecule has 0 aromatic heterocycles. The van der Waals surface area contributed by atoms with Gasteiger partial charge in [0.1, 0.15) is 12.1 Å². The van der Waals surface area contributed by atoms with Crippen LogP contribution in [0.25, 0.3) is 0 Å². The lowest BCUT2D eigenvalue weighted by molar-refractivity contribution is -0.145. The Morgan fingerprint density at radius 1 is 1.05 bits per heavy atom. The molecule has 4 rings (SSSR count). The molecule has 1 saturated heterocycles. The summed E-state index contributed by atoms with van der Waals surface area (Å²) in [6.07, 6.45) is 4.62. The number of carbonyl (C=O) groups is 4. The van der Waals surface area contributed by atoms with E-state index in [1.165, 1.54) is 0 Å². The zero-order valence-corrected chi connectivity index (χ0v) is 26.2. The number of aryl methyl sites for hydroxylation is 1. The van der Waals surface area contributed by atoms with Crippen LogP contribution in [0.1, 0.15) is 75.5 Å². The number of benzene rings is 2. The number of anilines is 1. The van der Waals surface area contributed by atoms with Crippen LogP contribution in [0.15, 0.2) is 42.5 Å². The third-order valence-corrected chi connectivity index (χ3v) is 9.15. The molecule has 43 heavy (non-hydrogen) atoms. The summed E-state index contributed by atoms with van der Waals surface area (Å²) < 4.78 is 0. The van der Waals surface area contributed by atoms with E-state index >= 15 is 0 Å². The molecule has 2 heterocycles. The quantitative estimate of drug-likeness (QED) is 0.370. The summed E-state index contributed by atoms with van der Waals surface area (Å²) in [5.74, 6) is -1.09. The number of hydrogen-bond acceptors (Lipinski definition) is 5. The van der Waals surface area contributed by atoms with Gasteiger partial charge in [-0.1, -0.05) is 42.8 Å². The molecule has 4 atom stereocenters. The van der Waals surface area contributed by atoms with Gasteiger partial charge in [-0.2, -0.15) is 0 Å². The van der Waals surface area contributed by atoms with Crippen LogP contribution in [-0.4, -0.2) is 64.1 Å². The monoisotopic (exact) mass is 609 g/mol. The number of halogens is 1. The largest absolute Gasteiger partial charge is 0.342 e. The van der Waals surface area contributed by atoms with E-state index in [1.54, 1.807) is 23.1 Å². The SMILES string of the molecule is CC[C@H]1CCC[C@@H](C)N1C(=O)CCC(=O)N1Cc2ccccc2C[C@H]1C(=O)N[C@@H](CCN)C(=O)Nc1ccc(Cl)c(C)c1. The molecular formula is C33H44ClN5O4. The predicted molar refractivity (Wildman–Crippen MR) is 168 cm³/mol. The Kier molecular flexibility index (Phi) is 11.2. The van der Waals surface area contributed by atoms with Crippen LogP contribution < -0.4 is 16.4 Å². The third kappa shape index (κ3) is 7.95. The lowest BCUT2D eigenvalue weighted by atomic mass is 9.92. The summed E-state index contributed by atoms with van der Waals surface area (Å²) in [5.41, 5.74) is 9.13. The molecule has 0 aliphatic carbocycles. The molecule has 2 aliphatic rings. The van der Waals surface area contributed by atoms with E-state index in [0.29, 0.717) is 17.1 Å². The Balaban J connectivity index is 1.47. The van der Waals surface area contributed by atoms with E-state index in [4.69, 9.17) is 17.3 Å². The zero-order valence-electron chi connectivity index (χ0n) is 25.4. The minimum absolute atomic E-state index is 0.0112. The zero-order chi connectivity index (χ0) is 31.1. The number of carbonyl (C=O) groups excluding carboxylic acids is 4. The molecule has 1 fully saturated rings. The summed E-state index contributed by atoms with van der Waals surface area (Å²) in [7, 11) is 0. The summed E-state index contributed by atoms with van der Waals surface area (Å²) in [5, 5.41) is 6.28. The second-order valence-electron chi connectivity index (χ2n) is 11.7. The molecule has 2 aromatic rings. The van der Waals surface area contributed by atoms with Crippen molar-refractivity contribution in [1.29, 1.82) is 0 Å². The predicted octanol–water partition coefficient (Wildman–Crippen LogP) is 4.33. The van der Waals surface area contributed by atoms with Gasteiger partial charge in [0.25, 0.3) is 0 Å². The van der Waals surface area contributed by atoms with Crippen molar-refractivity contribution in [2.24, 2.45) is 5.73 Å². The van der Waals surface area contributed by atoms with Gasteiger partial charge in [0.15, 0.2) is 0 Å². The van der Waals surface area contributed by atoms with E-state index in [1.807, 2.05) is 36.1 Å². The number of fused-ring (bicyclic) bond motifs is 1. The average molecular weight is 610 g/mol. The van der Waals surface area contributed by atoms with E-state index in [-0.39, 0.29) is 56.3 Å². The number of rotatable bonds is 10. The number of nitrogens with two attached hydrogens (primary N) is 1. The maximum atomic E-state index is 13.8.